The van der Waals surface area contributed by atoms with Gasteiger partial charge in [0.05, 0.1) is 0 Å². The summed E-state index contributed by atoms with van der Waals surface area (Å²) in [5.41, 5.74) is 4.18. The third kappa shape index (κ3) is 5.06. The van der Waals surface area contributed by atoms with Gasteiger partial charge in [0, 0.05) is 6.42 Å². The van der Waals surface area contributed by atoms with E-state index in [0.29, 0.717) is 11.8 Å². The van der Waals surface area contributed by atoms with E-state index in [2.05, 4.69) is 45.9 Å². The number of aryl methyl sites for hydroxylation is 1. The molecule has 1 rings (SSSR count). The molecule has 2 heteroatoms. The Bertz CT molecular complexity index is 419. The number of benzene rings is 1. The van der Waals surface area contributed by atoms with Crippen molar-refractivity contribution in [1.82, 2.24) is 0 Å². The molecule has 0 spiro atoms. The molecule has 0 saturated heterocycles. The fourth-order valence-electron chi connectivity index (χ4n) is 2.33. The van der Waals surface area contributed by atoms with Crippen LogP contribution in [0, 0.1) is 0 Å². The minimum Gasteiger partial charge on any atom is -0.481 e. The van der Waals surface area contributed by atoms with Crippen molar-refractivity contribution in [3.8, 4) is 0 Å². The van der Waals surface area contributed by atoms with Gasteiger partial charge in [0.25, 0.3) is 0 Å². The highest BCUT2D eigenvalue weighted by Crippen LogP contribution is 2.26. The fourth-order valence-corrected chi connectivity index (χ4v) is 2.33. The first-order valence-corrected chi connectivity index (χ1v) is 7.26. The molecular weight excluding hydrogens is 236 g/mol. The van der Waals surface area contributed by atoms with E-state index in [0.717, 1.165) is 19.3 Å². The first-order chi connectivity index (χ1) is 8.91. The van der Waals surface area contributed by atoms with Crippen LogP contribution in [-0.2, 0) is 11.2 Å². The largest absolute Gasteiger partial charge is 0.481 e. The molecule has 0 bridgehead atoms. The van der Waals surface area contributed by atoms with Gasteiger partial charge in [-0.25, -0.2) is 0 Å². The molecule has 0 aliphatic heterocycles. The first-order valence-electron chi connectivity index (χ1n) is 7.26. The third-order valence-corrected chi connectivity index (χ3v) is 3.55. The third-order valence-electron chi connectivity index (χ3n) is 3.55. The van der Waals surface area contributed by atoms with Gasteiger partial charge in [0.2, 0.25) is 0 Å². The van der Waals surface area contributed by atoms with Gasteiger partial charge >= 0.3 is 5.97 Å². The molecule has 0 radical (unpaired) electrons. The first kappa shape index (κ1) is 15.7. The zero-order chi connectivity index (χ0) is 14.4. The molecule has 0 aliphatic carbocycles. The molecule has 19 heavy (non-hydrogen) atoms. The summed E-state index contributed by atoms with van der Waals surface area (Å²) in [5, 5.41) is 8.65. The number of carboxylic acid groups (broad SMARTS) is 1. The smallest absolute Gasteiger partial charge is 0.303 e. The Hall–Kier alpha value is -1.31. The molecule has 106 valence electrons. The predicted octanol–water partition coefficient (Wildman–Crippen LogP) is 4.73. The van der Waals surface area contributed by atoms with Crippen LogP contribution in [0.15, 0.2) is 18.2 Å². The topological polar surface area (TPSA) is 37.3 Å². The van der Waals surface area contributed by atoms with Crippen molar-refractivity contribution in [3.05, 3.63) is 34.9 Å². The van der Waals surface area contributed by atoms with Gasteiger partial charge in [-0.05, 0) is 47.8 Å². The maximum Gasteiger partial charge on any atom is 0.303 e. The van der Waals surface area contributed by atoms with Crippen molar-refractivity contribution >= 4 is 5.97 Å². The van der Waals surface area contributed by atoms with Crippen LogP contribution >= 0.6 is 0 Å². The number of carboxylic acids is 1. The minimum absolute atomic E-state index is 0.279. The van der Waals surface area contributed by atoms with Crippen LogP contribution < -0.4 is 0 Å². The van der Waals surface area contributed by atoms with Crippen LogP contribution in [-0.4, -0.2) is 11.1 Å². The lowest BCUT2D eigenvalue weighted by atomic mass is 9.89. The van der Waals surface area contributed by atoms with Gasteiger partial charge in [0.1, 0.15) is 0 Å². The molecule has 0 unspecified atom stereocenters. The Balaban J connectivity index is 2.74. The van der Waals surface area contributed by atoms with Gasteiger partial charge in [-0.2, -0.15) is 0 Å². The van der Waals surface area contributed by atoms with E-state index >= 15 is 0 Å². The molecule has 0 amide bonds. The fraction of sp³-hybridized carbons (Fsp3) is 0.588. The lowest BCUT2D eigenvalue weighted by Crippen LogP contribution is -2.01. The SMILES string of the molecule is CC(C)c1ccc(CCCCC(=O)O)c(C(C)C)c1. The van der Waals surface area contributed by atoms with E-state index in [9.17, 15) is 4.79 Å². The zero-order valence-electron chi connectivity index (χ0n) is 12.6. The van der Waals surface area contributed by atoms with Crippen molar-refractivity contribution in [2.24, 2.45) is 0 Å². The molecule has 2 nitrogen and oxygen atoms in total. The summed E-state index contributed by atoms with van der Waals surface area (Å²) in [6.45, 7) is 8.87. The highest BCUT2D eigenvalue weighted by molar-refractivity contribution is 5.66. The number of aliphatic carboxylic acids is 1. The maximum atomic E-state index is 10.5. The van der Waals surface area contributed by atoms with Crippen molar-refractivity contribution in [2.45, 2.75) is 65.2 Å². The number of hydrogen-bond acceptors (Lipinski definition) is 1. The van der Waals surface area contributed by atoms with Crippen molar-refractivity contribution in [1.29, 1.82) is 0 Å². The van der Waals surface area contributed by atoms with E-state index in [1.54, 1.807) is 0 Å². The normalized spacial score (nSPS) is 11.3. The average molecular weight is 262 g/mol. The summed E-state index contributed by atoms with van der Waals surface area (Å²) < 4.78 is 0. The molecule has 0 aromatic heterocycles. The second-order valence-corrected chi connectivity index (χ2v) is 5.87. The second kappa shape index (κ2) is 7.32. The van der Waals surface area contributed by atoms with Gasteiger partial charge < -0.3 is 5.11 Å². The lowest BCUT2D eigenvalue weighted by Gasteiger charge is -2.16. The van der Waals surface area contributed by atoms with Gasteiger partial charge in [-0.15, -0.1) is 0 Å². The summed E-state index contributed by atoms with van der Waals surface area (Å²) in [5.74, 6) is 0.381. The lowest BCUT2D eigenvalue weighted by molar-refractivity contribution is -0.137. The van der Waals surface area contributed by atoms with Crippen molar-refractivity contribution in [2.75, 3.05) is 0 Å². The van der Waals surface area contributed by atoms with E-state index < -0.39 is 5.97 Å². The summed E-state index contributed by atoms with van der Waals surface area (Å²) in [6, 6.07) is 6.76. The highest BCUT2D eigenvalue weighted by atomic mass is 16.4. The van der Waals surface area contributed by atoms with Gasteiger partial charge in [-0.3, -0.25) is 4.79 Å². The zero-order valence-corrected chi connectivity index (χ0v) is 12.6. The van der Waals surface area contributed by atoms with E-state index in [1.165, 1.54) is 16.7 Å². The molecular formula is C17H26O2. The molecule has 0 heterocycles. The monoisotopic (exact) mass is 262 g/mol. The van der Waals surface area contributed by atoms with Crippen LogP contribution in [0.25, 0.3) is 0 Å². The maximum absolute atomic E-state index is 10.5. The standard InChI is InChI=1S/C17H26O2/c1-12(2)15-10-9-14(16(11-15)13(3)4)7-5-6-8-17(18)19/h9-13H,5-8H2,1-4H3,(H,18,19). The Morgan fingerprint density at radius 1 is 1.11 bits per heavy atom. The number of rotatable bonds is 7. The van der Waals surface area contributed by atoms with Crippen LogP contribution in [0.2, 0.25) is 0 Å². The molecule has 0 fully saturated rings. The number of carbonyl (C=O) groups is 1. The van der Waals surface area contributed by atoms with Crippen LogP contribution in [0.5, 0.6) is 0 Å². The van der Waals surface area contributed by atoms with Crippen molar-refractivity contribution in [3.63, 3.8) is 0 Å². The Kier molecular flexibility index (Phi) is 6.07. The summed E-state index contributed by atoms with van der Waals surface area (Å²) in [4.78, 5) is 10.5. The van der Waals surface area contributed by atoms with E-state index in [4.69, 9.17) is 5.11 Å². The minimum atomic E-state index is -0.695. The molecule has 0 aliphatic rings. The Morgan fingerprint density at radius 3 is 2.32 bits per heavy atom. The molecule has 1 aromatic rings. The van der Waals surface area contributed by atoms with Crippen LogP contribution in [0.3, 0.4) is 0 Å². The second-order valence-electron chi connectivity index (χ2n) is 5.87. The summed E-state index contributed by atoms with van der Waals surface area (Å²) in [7, 11) is 0. The van der Waals surface area contributed by atoms with E-state index in [1.807, 2.05) is 0 Å². The number of unbranched alkanes of at least 4 members (excludes halogenated alkanes) is 1. The number of hydrogen-bond donors (Lipinski definition) is 1. The highest BCUT2D eigenvalue weighted by Gasteiger charge is 2.09. The molecule has 0 atom stereocenters. The van der Waals surface area contributed by atoms with Crippen LogP contribution in [0.4, 0.5) is 0 Å². The molecule has 1 N–H and O–H groups in total. The Labute approximate surface area is 116 Å². The summed E-state index contributed by atoms with van der Waals surface area (Å²) in [6.07, 6.45) is 2.98. The van der Waals surface area contributed by atoms with Gasteiger partial charge in [0.15, 0.2) is 0 Å². The van der Waals surface area contributed by atoms with E-state index in [-0.39, 0.29) is 6.42 Å². The van der Waals surface area contributed by atoms with Gasteiger partial charge in [-0.1, -0.05) is 45.9 Å². The van der Waals surface area contributed by atoms with Crippen molar-refractivity contribution < 1.29 is 9.90 Å². The quantitative estimate of drug-likeness (QED) is 0.721. The Morgan fingerprint density at radius 2 is 1.79 bits per heavy atom. The molecule has 1 aromatic carbocycles. The average Bonchev–Trinajstić information content (AvgIpc) is 2.34. The predicted molar refractivity (Wildman–Crippen MR) is 79.8 cm³/mol. The summed E-state index contributed by atoms with van der Waals surface area (Å²) >= 11 is 0. The van der Waals surface area contributed by atoms with Crippen LogP contribution in [0.1, 0.15) is 75.5 Å². The molecule has 0 saturated carbocycles.